The number of rotatable bonds is 7. The SMILES string of the molecule is CCCn1nc(C(=O)N(C)Cc2ccc(OC)cc2OC)c2ccccc2c1=O. The van der Waals surface area contributed by atoms with Crippen LogP contribution in [0.4, 0.5) is 0 Å². The van der Waals surface area contributed by atoms with E-state index in [0.29, 0.717) is 35.4 Å². The van der Waals surface area contributed by atoms with E-state index >= 15 is 0 Å². The third-order valence-corrected chi connectivity index (χ3v) is 4.75. The second-order valence-electron chi connectivity index (χ2n) is 6.76. The Labute approximate surface area is 169 Å². The monoisotopic (exact) mass is 395 g/mol. The third-order valence-electron chi connectivity index (χ3n) is 4.75. The van der Waals surface area contributed by atoms with Crippen LogP contribution in [-0.2, 0) is 13.1 Å². The number of nitrogens with zero attached hydrogens (tertiary/aromatic N) is 3. The van der Waals surface area contributed by atoms with Gasteiger partial charge in [-0.25, -0.2) is 4.68 Å². The summed E-state index contributed by atoms with van der Waals surface area (Å²) in [5.41, 5.74) is 0.928. The van der Waals surface area contributed by atoms with Gasteiger partial charge in [-0.05, 0) is 24.6 Å². The van der Waals surface area contributed by atoms with Crippen molar-refractivity contribution in [3.8, 4) is 11.5 Å². The number of aryl methyl sites for hydroxylation is 1. The Morgan fingerprint density at radius 3 is 2.48 bits per heavy atom. The summed E-state index contributed by atoms with van der Waals surface area (Å²) in [5.74, 6) is 1.06. The molecule has 3 aromatic rings. The van der Waals surface area contributed by atoms with Gasteiger partial charge in [-0.2, -0.15) is 5.10 Å². The van der Waals surface area contributed by atoms with E-state index in [1.54, 1.807) is 56.5 Å². The highest BCUT2D eigenvalue weighted by Crippen LogP contribution is 2.26. The fraction of sp³-hybridized carbons (Fsp3) is 0.318. The van der Waals surface area contributed by atoms with Crippen LogP contribution in [0.25, 0.3) is 10.8 Å². The highest BCUT2D eigenvalue weighted by Gasteiger charge is 2.21. The van der Waals surface area contributed by atoms with Crippen molar-refractivity contribution >= 4 is 16.7 Å². The van der Waals surface area contributed by atoms with Crippen molar-refractivity contribution in [1.29, 1.82) is 0 Å². The number of hydrogen-bond acceptors (Lipinski definition) is 5. The van der Waals surface area contributed by atoms with Gasteiger partial charge in [-0.3, -0.25) is 9.59 Å². The Bertz CT molecular complexity index is 1090. The molecule has 0 aliphatic heterocycles. The highest BCUT2D eigenvalue weighted by molar-refractivity contribution is 6.04. The maximum absolute atomic E-state index is 13.2. The molecular formula is C22H25N3O4. The highest BCUT2D eigenvalue weighted by atomic mass is 16.5. The molecule has 0 radical (unpaired) electrons. The number of carbonyl (C=O) groups is 1. The summed E-state index contributed by atoms with van der Waals surface area (Å²) in [6.07, 6.45) is 0.748. The van der Waals surface area contributed by atoms with E-state index in [4.69, 9.17) is 9.47 Å². The average molecular weight is 395 g/mol. The predicted molar refractivity (Wildman–Crippen MR) is 112 cm³/mol. The minimum absolute atomic E-state index is 0.182. The molecule has 7 nitrogen and oxygen atoms in total. The number of amides is 1. The summed E-state index contributed by atoms with van der Waals surface area (Å²) < 4.78 is 12.0. The Balaban J connectivity index is 1.99. The second-order valence-corrected chi connectivity index (χ2v) is 6.76. The van der Waals surface area contributed by atoms with Crippen LogP contribution < -0.4 is 15.0 Å². The molecule has 0 atom stereocenters. The molecule has 0 saturated heterocycles. The van der Waals surface area contributed by atoms with Gasteiger partial charge in [0.1, 0.15) is 11.5 Å². The summed E-state index contributed by atoms with van der Waals surface area (Å²) in [6.45, 7) is 2.75. The Hall–Kier alpha value is -3.35. The van der Waals surface area contributed by atoms with Crippen molar-refractivity contribution in [2.45, 2.75) is 26.4 Å². The van der Waals surface area contributed by atoms with Crippen LogP contribution in [0.2, 0.25) is 0 Å². The molecule has 29 heavy (non-hydrogen) atoms. The van der Waals surface area contributed by atoms with Crippen molar-refractivity contribution in [3.05, 3.63) is 64.1 Å². The number of carbonyl (C=O) groups excluding carboxylic acids is 1. The Morgan fingerprint density at radius 2 is 1.83 bits per heavy atom. The lowest BCUT2D eigenvalue weighted by atomic mass is 10.1. The van der Waals surface area contributed by atoms with Gasteiger partial charge in [0.25, 0.3) is 11.5 Å². The van der Waals surface area contributed by atoms with E-state index in [-0.39, 0.29) is 17.2 Å². The Kier molecular flexibility index (Phi) is 6.16. The van der Waals surface area contributed by atoms with Crippen LogP contribution in [0, 0.1) is 0 Å². The zero-order valence-electron chi connectivity index (χ0n) is 17.1. The number of hydrogen-bond donors (Lipinski definition) is 0. The topological polar surface area (TPSA) is 73.7 Å². The number of aromatic nitrogens is 2. The lowest BCUT2D eigenvalue weighted by Crippen LogP contribution is -2.32. The zero-order valence-corrected chi connectivity index (χ0v) is 17.1. The molecule has 2 aromatic carbocycles. The molecule has 0 aliphatic rings. The molecule has 0 saturated carbocycles. The quantitative estimate of drug-likeness (QED) is 0.615. The van der Waals surface area contributed by atoms with E-state index < -0.39 is 0 Å². The van der Waals surface area contributed by atoms with Crippen molar-refractivity contribution in [2.75, 3.05) is 21.3 Å². The van der Waals surface area contributed by atoms with Crippen LogP contribution in [0.3, 0.4) is 0 Å². The fourth-order valence-electron chi connectivity index (χ4n) is 3.25. The standard InChI is InChI=1S/C22H25N3O4/c1-5-12-25-21(26)18-9-7-6-8-17(18)20(23-25)22(27)24(2)14-15-10-11-16(28-3)13-19(15)29-4/h6-11,13H,5,12,14H2,1-4H3. The summed E-state index contributed by atoms with van der Waals surface area (Å²) >= 11 is 0. The van der Waals surface area contributed by atoms with Gasteiger partial charge in [-0.1, -0.05) is 25.1 Å². The first-order valence-electron chi connectivity index (χ1n) is 9.46. The number of ether oxygens (including phenoxy) is 2. The molecule has 1 amide bonds. The van der Waals surface area contributed by atoms with Crippen LogP contribution in [-0.4, -0.2) is 41.9 Å². The molecule has 0 bridgehead atoms. The summed E-state index contributed by atoms with van der Waals surface area (Å²) in [6, 6.07) is 12.6. The fourth-order valence-corrected chi connectivity index (χ4v) is 3.25. The molecule has 0 N–H and O–H groups in total. The minimum atomic E-state index is -0.260. The smallest absolute Gasteiger partial charge is 0.274 e. The van der Waals surface area contributed by atoms with E-state index in [0.717, 1.165) is 12.0 Å². The molecule has 0 spiro atoms. The normalized spacial score (nSPS) is 10.8. The second kappa shape index (κ2) is 8.77. The first-order valence-corrected chi connectivity index (χ1v) is 9.46. The van der Waals surface area contributed by atoms with E-state index in [9.17, 15) is 9.59 Å². The predicted octanol–water partition coefficient (Wildman–Crippen LogP) is 3.10. The van der Waals surface area contributed by atoms with Gasteiger partial charge >= 0.3 is 0 Å². The largest absolute Gasteiger partial charge is 0.497 e. The van der Waals surface area contributed by atoms with Crippen molar-refractivity contribution in [3.63, 3.8) is 0 Å². The summed E-state index contributed by atoms with van der Waals surface area (Å²) in [4.78, 5) is 27.5. The van der Waals surface area contributed by atoms with Crippen LogP contribution in [0.1, 0.15) is 29.4 Å². The number of methoxy groups -OCH3 is 2. The lowest BCUT2D eigenvalue weighted by molar-refractivity contribution is 0.0778. The maximum atomic E-state index is 13.2. The molecule has 1 heterocycles. The molecule has 152 valence electrons. The molecular weight excluding hydrogens is 370 g/mol. The van der Waals surface area contributed by atoms with Gasteiger partial charge in [0.15, 0.2) is 5.69 Å². The zero-order chi connectivity index (χ0) is 21.0. The maximum Gasteiger partial charge on any atom is 0.274 e. The van der Waals surface area contributed by atoms with Crippen molar-refractivity contribution in [1.82, 2.24) is 14.7 Å². The molecule has 0 unspecified atom stereocenters. The Morgan fingerprint density at radius 1 is 1.10 bits per heavy atom. The van der Waals surface area contributed by atoms with Crippen LogP contribution in [0.5, 0.6) is 11.5 Å². The van der Waals surface area contributed by atoms with E-state index in [2.05, 4.69) is 5.10 Å². The first-order chi connectivity index (χ1) is 14.0. The number of fused-ring (bicyclic) bond motifs is 1. The van der Waals surface area contributed by atoms with Crippen LogP contribution in [0.15, 0.2) is 47.3 Å². The third kappa shape index (κ3) is 4.08. The molecule has 3 rings (SSSR count). The van der Waals surface area contributed by atoms with E-state index in [1.807, 2.05) is 19.1 Å². The van der Waals surface area contributed by atoms with Gasteiger partial charge < -0.3 is 14.4 Å². The minimum Gasteiger partial charge on any atom is -0.497 e. The summed E-state index contributed by atoms with van der Waals surface area (Å²) in [5, 5.41) is 5.44. The van der Waals surface area contributed by atoms with E-state index in [1.165, 1.54) is 4.68 Å². The van der Waals surface area contributed by atoms with Crippen molar-refractivity contribution < 1.29 is 14.3 Å². The van der Waals surface area contributed by atoms with Gasteiger partial charge in [0, 0.05) is 37.2 Å². The van der Waals surface area contributed by atoms with Gasteiger partial charge in [-0.15, -0.1) is 0 Å². The summed E-state index contributed by atoms with van der Waals surface area (Å²) in [7, 11) is 4.87. The molecule has 0 aliphatic carbocycles. The lowest BCUT2D eigenvalue weighted by Gasteiger charge is -2.20. The first kappa shape index (κ1) is 20.4. The van der Waals surface area contributed by atoms with Crippen molar-refractivity contribution in [2.24, 2.45) is 0 Å². The van der Waals surface area contributed by atoms with Gasteiger partial charge in [0.2, 0.25) is 0 Å². The molecule has 0 fully saturated rings. The van der Waals surface area contributed by atoms with Gasteiger partial charge in [0.05, 0.1) is 19.6 Å². The number of benzene rings is 2. The van der Waals surface area contributed by atoms with Crippen LogP contribution >= 0.6 is 0 Å². The average Bonchev–Trinajstić information content (AvgIpc) is 2.75. The molecule has 7 heteroatoms. The molecule has 1 aromatic heterocycles.